The Morgan fingerprint density at radius 3 is 1.75 bits per heavy atom. The lowest BCUT2D eigenvalue weighted by Crippen LogP contribution is -2.66. The fourth-order valence-electron chi connectivity index (χ4n) is 3.71. The average molecular weight is 336 g/mol. The molecule has 3 heteroatoms. The van der Waals surface area contributed by atoms with E-state index < -0.39 is 8.07 Å². The van der Waals surface area contributed by atoms with Crippen molar-refractivity contribution in [1.82, 2.24) is 5.16 Å². The number of hydrogen-bond acceptors (Lipinski definition) is 2. The summed E-state index contributed by atoms with van der Waals surface area (Å²) >= 11 is 0. The maximum absolute atomic E-state index is 5.64. The van der Waals surface area contributed by atoms with Gasteiger partial charge in [0.05, 0.1) is 5.69 Å². The highest BCUT2D eigenvalue weighted by Crippen LogP contribution is 2.38. The average Bonchev–Trinajstić information content (AvgIpc) is 2.98. The van der Waals surface area contributed by atoms with Gasteiger partial charge in [0.2, 0.25) is 0 Å². The minimum absolute atomic E-state index is 0.135. The van der Waals surface area contributed by atoms with Crippen LogP contribution in [-0.4, -0.2) is 13.2 Å². The largest absolute Gasteiger partial charge is 0.361 e. The molecule has 3 aromatic rings. The molecule has 0 spiro atoms. The molecule has 24 heavy (non-hydrogen) atoms. The SMILES string of the molecule is Cc1cc(C[Si](c2ccccc2)(c2ccccc2)C(C)(C)C)on1. The second-order valence-electron chi connectivity index (χ2n) is 7.50. The van der Waals surface area contributed by atoms with Gasteiger partial charge in [0.15, 0.2) is 0 Å². The van der Waals surface area contributed by atoms with Crippen molar-refractivity contribution in [2.24, 2.45) is 0 Å². The summed E-state index contributed by atoms with van der Waals surface area (Å²) in [5, 5.41) is 7.14. The summed E-state index contributed by atoms with van der Waals surface area (Å²) in [5.41, 5.74) is 0.947. The van der Waals surface area contributed by atoms with Crippen LogP contribution in [0.5, 0.6) is 0 Å². The normalized spacial score (nSPS) is 12.3. The smallest absolute Gasteiger partial charge is 0.135 e. The Morgan fingerprint density at radius 2 is 1.38 bits per heavy atom. The van der Waals surface area contributed by atoms with Crippen molar-refractivity contribution in [2.45, 2.75) is 38.8 Å². The molecule has 0 amide bonds. The first-order chi connectivity index (χ1) is 11.4. The van der Waals surface area contributed by atoms with Crippen LogP contribution in [0.15, 0.2) is 71.3 Å². The van der Waals surface area contributed by atoms with E-state index in [4.69, 9.17) is 4.52 Å². The number of nitrogens with zero attached hydrogens (tertiary/aromatic N) is 1. The van der Waals surface area contributed by atoms with Crippen molar-refractivity contribution in [1.29, 1.82) is 0 Å². The summed E-state index contributed by atoms with van der Waals surface area (Å²) in [7, 11) is -2.11. The zero-order valence-corrected chi connectivity index (χ0v) is 15.9. The van der Waals surface area contributed by atoms with E-state index in [0.717, 1.165) is 17.5 Å². The van der Waals surface area contributed by atoms with Crippen LogP contribution in [0, 0.1) is 6.92 Å². The minimum Gasteiger partial charge on any atom is -0.361 e. The fourth-order valence-corrected chi connectivity index (χ4v) is 8.92. The standard InChI is InChI=1S/C21H25NOSi/c1-17-15-18(23-22-17)16-24(21(2,3)4,19-11-7-5-8-12-19)20-13-9-6-10-14-20/h5-15H,16H2,1-4H3. The van der Waals surface area contributed by atoms with Gasteiger partial charge < -0.3 is 4.52 Å². The molecule has 2 aromatic carbocycles. The van der Waals surface area contributed by atoms with E-state index in [1.165, 1.54) is 10.4 Å². The first kappa shape index (κ1) is 16.7. The van der Waals surface area contributed by atoms with Gasteiger partial charge in [0, 0.05) is 12.1 Å². The number of aryl methyl sites for hydroxylation is 1. The highest BCUT2D eigenvalue weighted by atomic mass is 28.3. The lowest BCUT2D eigenvalue weighted by molar-refractivity contribution is 0.388. The van der Waals surface area contributed by atoms with Gasteiger partial charge in [-0.1, -0.05) is 97.0 Å². The molecule has 0 radical (unpaired) electrons. The molecule has 0 bridgehead atoms. The number of rotatable bonds is 4. The van der Waals surface area contributed by atoms with Crippen LogP contribution < -0.4 is 10.4 Å². The summed E-state index contributed by atoms with van der Waals surface area (Å²) in [6.07, 6.45) is 0. The van der Waals surface area contributed by atoms with E-state index in [-0.39, 0.29) is 5.04 Å². The van der Waals surface area contributed by atoms with E-state index in [1.807, 2.05) is 6.92 Å². The van der Waals surface area contributed by atoms with Crippen LogP contribution >= 0.6 is 0 Å². The Morgan fingerprint density at radius 1 is 0.875 bits per heavy atom. The monoisotopic (exact) mass is 335 g/mol. The molecule has 0 saturated heterocycles. The molecule has 0 N–H and O–H groups in total. The molecule has 1 heterocycles. The summed E-state index contributed by atoms with van der Waals surface area (Å²) in [6, 6.07) is 24.9. The summed E-state index contributed by atoms with van der Waals surface area (Å²) in [4.78, 5) is 0. The van der Waals surface area contributed by atoms with E-state index in [0.29, 0.717) is 0 Å². The van der Waals surface area contributed by atoms with Gasteiger partial charge in [-0.25, -0.2) is 0 Å². The maximum Gasteiger partial charge on any atom is 0.135 e. The Labute approximate surface area is 145 Å². The summed E-state index contributed by atoms with van der Waals surface area (Å²) < 4.78 is 5.64. The van der Waals surface area contributed by atoms with Crippen LogP contribution in [0.2, 0.25) is 5.04 Å². The molecule has 1 aromatic heterocycles. The molecular weight excluding hydrogens is 310 g/mol. The van der Waals surface area contributed by atoms with Crippen LogP contribution in [-0.2, 0) is 6.04 Å². The van der Waals surface area contributed by atoms with Crippen LogP contribution in [0.3, 0.4) is 0 Å². The van der Waals surface area contributed by atoms with Gasteiger partial charge in [0.1, 0.15) is 13.8 Å². The molecule has 0 atom stereocenters. The first-order valence-electron chi connectivity index (χ1n) is 8.47. The zero-order valence-electron chi connectivity index (χ0n) is 14.9. The number of hydrogen-bond donors (Lipinski definition) is 0. The maximum atomic E-state index is 5.64. The molecule has 0 aliphatic heterocycles. The Balaban J connectivity index is 2.25. The molecule has 0 fully saturated rings. The predicted octanol–water partition coefficient (Wildman–Crippen LogP) is 4.13. The van der Waals surface area contributed by atoms with Crippen LogP contribution in [0.1, 0.15) is 32.2 Å². The summed E-state index contributed by atoms with van der Waals surface area (Å²) in [6.45, 7) is 9.08. The highest BCUT2D eigenvalue weighted by molar-refractivity contribution is 7.03. The third-order valence-corrected chi connectivity index (χ3v) is 11.0. The zero-order chi connectivity index (χ0) is 17.2. The third-order valence-electron chi connectivity index (χ3n) is 4.93. The van der Waals surface area contributed by atoms with Crippen LogP contribution in [0.4, 0.5) is 0 Å². The van der Waals surface area contributed by atoms with E-state index in [9.17, 15) is 0 Å². The topological polar surface area (TPSA) is 26.0 Å². The van der Waals surface area contributed by atoms with Gasteiger partial charge in [0.25, 0.3) is 0 Å². The van der Waals surface area contributed by atoms with Gasteiger partial charge >= 0.3 is 0 Å². The molecule has 124 valence electrons. The minimum atomic E-state index is -2.11. The molecule has 2 nitrogen and oxygen atoms in total. The third kappa shape index (κ3) is 2.96. The highest BCUT2D eigenvalue weighted by Gasteiger charge is 2.48. The van der Waals surface area contributed by atoms with E-state index >= 15 is 0 Å². The lowest BCUT2D eigenvalue weighted by atomic mass is 10.2. The molecule has 0 aliphatic rings. The van der Waals surface area contributed by atoms with Gasteiger partial charge in [-0.05, 0) is 12.0 Å². The molecule has 3 rings (SSSR count). The Hall–Kier alpha value is -2.13. The Bertz CT molecular complexity index is 748. The van der Waals surface area contributed by atoms with Crippen molar-refractivity contribution in [3.05, 3.63) is 78.2 Å². The lowest BCUT2D eigenvalue weighted by Gasteiger charge is -2.43. The molecular formula is C21H25NOSi. The molecule has 0 aliphatic carbocycles. The quantitative estimate of drug-likeness (QED) is 0.670. The molecule has 0 saturated carbocycles. The second kappa shape index (κ2) is 6.40. The molecule has 0 unspecified atom stereocenters. The van der Waals surface area contributed by atoms with Gasteiger partial charge in [-0.15, -0.1) is 0 Å². The predicted molar refractivity (Wildman–Crippen MR) is 103 cm³/mol. The van der Waals surface area contributed by atoms with Gasteiger partial charge in [-0.3, -0.25) is 0 Å². The van der Waals surface area contributed by atoms with Crippen molar-refractivity contribution < 1.29 is 4.52 Å². The van der Waals surface area contributed by atoms with E-state index in [2.05, 4.69) is 92.7 Å². The van der Waals surface area contributed by atoms with Crippen molar-refractivity contribution in [3.8, 4) is 0 Å². The summed E-state index contributed by atoms with van der Waals surface area (Å²) in [5.74, 6) is 0.988. The number of benzene rings is 2. The number of aromatic nitrogens is 1. The van der Waals surface area contributed by atoms with Crippen molar-refractivity contribution in [2.75, 3.05) is 0 Å². The van der Waals surface area contributed by atoms with Crippen molar-refractivity contribution in [3.63, 3.8) is 0 Å². The first-order valence-corrected chi connectivity index (χ1v) is 10.7. The van der Waals surface area contributed by atoms with Gasteiger partial charge in [-0.2, -0.15) is 0 Å². The van der Waals surface area contributed by atoms with E-state index in [1.54, 1.807) is 0 Å². The van der Waals surface area contributed by atoms with Crippen LogP contribution in [0.25, 0.3) is 0 Å². The van der Waals surface area contributed by atoms with Crippen molar-refractivity contribution >= 4 is 18.4 Å². The fraction of sp³-hybridized carbons (Fsp3) is 0.286. The second-order valence-corrected chi connectivity index (χ2v) is 12.3. The Kier molecular flexibility index (Phi) is 4.46.